The van der Waals surface area contributed by atoms with Crippen LogP contribution < -0.4 is 5.56 Å². The molecule has 2 saturated heterocycles. The Kier molecular flexibility index (Phi) is 3.87. The molecular formula is C15H20N2O3. The van der Waals surface area contributed by atoms with E-state index >= 15 is 0 Å². The summed E-state index contributed by atoms with van der Waals surface area (Å²) in [5.41, 5.74) is 1.04. The Morgan fingerprint density at radius 3 is 2.75 bits per heavy atom. The second-order valence-corrected chi connectivity index (χ2v) is 5.65. The molecule has 1 atom stereocenters. The number of likely N-dealkylation sites (tertiary alicyclic amines) is 1. The molecule has 0 aliphatic carbocycles. The number of nitrogens with zero attached hydrogens (tertiary/aromatic N) is 1. The Morgan fingerprint density at radius 2 is 2.10 bits per heavy atom. The molecule has 2 aliphatic heterocycles. The lowest BCUT2D eigenvalue weighted by Crippen LogP contribution is -2.41. The summed E-state index contributed by atoms with van der Waals surface area (Å²) in [4.78, 5) is 28.2. The van der Waals surface area contributed by atoms with E-state index in [2.05, 4.69) is 4.98 Å². The first-order chi connectivity index (χ1) is 9.74. The number of aromatic amines is 1. The molecule has 0 saturated carbocycles. The maximum absolute atomic E-state index is 12.3. The van der Waals surface area contributed by atoms with E-state index in [1.54, 1.807) is 12.3 Å². The monoisotopic (exact) mass is 276 g/mol. The minimum Gasteiger partial charge on any atom is -0.381 e. The van der Waals surface area contributed by atoms with Gasteiger partial charge in [-0.25, -0.2) is 0 Å². The summed E-state index contributed by atoms with van der Waals surface area (Å²) < 4.78 is 5.29. The van der Waals surface area contributed by atoms with E-state index in [0.29, 0.717) is 19.1 Å². The van der Waals surface area contributed by atoms with E-state index in [4.69, 9.17) is 4.74 Å². The van der Waals surface area contributed by atoms with Gasteiger partial charge in [0.05, 0.1) is 12.5 Å². The number of amides is 1. The summed E-state index contributed by atoms with van der Waals surface area (Å²) in [6.45, 7) is 2.85. The van der Waals surface area contributed by atoms with Gasteiger partial charge < -0.3 is 14.6 Å². The number of carbonyl (C=O) groups excluding carboxylic acids is 1. The third-order valence-corrected chi connectivity index (χ3v) is 4.36. The molecular weight excluding hydrogens is 256 g/mol. The smallest absolute Gasteiger partial charge is 0.248 e. The largest absolute Gasteiger partial charge is 0.381 e. The van der Waals surface area contributed by atoms with Gasteiger partial charge in [0.15, 0.2) is 0 Å². The summed E-state index contributed by atoms with van der Waals surface area (Å²) in [5.74, 6) is 0.694. The van der Waals surface area contributed by atoms with Crippen molar-refractivity contribution in [1.82, 2.24) is 9.88 Å². The summed E-state index contributed by atoms with van der Waals surface area (Å²) >= 11 is 0. The fraction of sp³-hybridized carbons (Fsp3) is 0.600. The molecule has 108 valence electrons. The van der Waals surface area contributed by atoms with Crippen LogP contribution in [0, 0.1) is 5.92 Å². The van der Waals surface area contributed by atoms with Crippen LogP contribution in [0.2, 0.25) is 0 Å². The van der Waals surface area contributed by atoms with E-state index in [9.17, 15) is 9.59 Å². The highest BCUT2D eigenvalue weighted by atomic mass is 16.5. The van der Waals surface area contributed by atoms with Crippen LogP contribution in [-0.2, 0) is 9.53 Å². The van der Waals surface area contributed by atoms with Crippen molar-refractivity contribution in [3.8, 4) is 0 Å². The van der Waals surface area contributed by atoms with Gasteiger partial charge in [0.25, 0.3) is 0 Å². The molecule has 1 N–H and O–H groups in total. The number of piperidine rings is 1. The first kappa shape index (κ1) is 13.4. The number of ether oxygens (including phenoxy) is 1. The Morgan fingerprint density at radius 1 is 1.30 bits per heavy atom. The van der Waals surface area contributed by atoms with E-state index in [0.717, 1.165) is 37.9 Å². The van der Waals surface area contributed by atoms with Crippen LogP contribution in [0.15, 0.2) is 23.1 Å². The van der Waals surface area contributed by atoms with E-state index in [-0.39, 0.29) is 17.4 Å². The summed E-state index contributed by atoms with van der Waals surface area (Å²) in [6, 6.07) is 3.64. The van der Waals surface area contributed by atoms with Crippen LogP contribution >= 0.6 is 0 Å². The van der Waals surface area contributed by atoms with Crippen molar-refractivity contribution >= 4 is 5.91 Å². The first-order valence-electron chi connectivity index (χ1n) is 7.29. The van der Waals surface area contributed by atoms with Crippen molar-refractivity contribution in [2.75, 3.05) is 26.3 Å². The normalized spacial score (nSPS) is 24.0. The lowest BCUT2D eigenvalue weighted by atomic mass is 9.89. The molecule has 1 aromatic rings. The zero-order chi connectivity index (χ0) is 13.9. The third-order valence-electron chi connectivity index (χ3n) is 4.36. The van der Waals surface area contributed by atoms with E-state index in [1.807, 2.05) is 11.0 Å². The van der Waals surface area contributed by atoms with Crippen LogP contribution in [0.3, 0.4) is 0 Å². The Labute approximate surface area is 117 Å². The highest BCUT2D eigenvalue weighted by molar-refractivity contribution is 5.79. The Bertz CT molecular complexity index is 526. The fourth-order valence-corrected chi connectivity index (χ4v) is 3.14. The van der Waals surface area contributed by atoms with Crippen LogP contribution in [0.1, 0.15) is 30.7 Å². The number of pyridine rings is 1. The standard InChI is InChI=1S/C15H20N2O3/c18-14-9-12(1-5-16-14)11-2-6-17(7-3-11)15(19)13-4-8-20-10-13/h1,5,9,11,13H,2-4,6-8,10H2,(H,16,18). The predicted octanol–water partition coefficient (Wildman–Crippen LogP) is 1.12. The zero-order valence-corrected chi connectivity index (χ0v) is 11.5. The van der Waals surface area contributed by atoms with E-state index in [1.165, 1.54) is 0 Å². The number of carbonyl (C=O) groups is 1. The van der Waals surface area contributed by atoms with Crippen molar-refractivity contribution in [2.45, 2.75) is 25.2 Å². The van der Waals surface area contributed by atoms with Gasteiger partial charge in [-0.2, -0.15) is 0 Å². The average Bonchev–Trinajstić information content (AvgIpc) is 3.01. The minimum absolute atomic E-state index is 0.0517. The van der Waals surface area contributed by atoms with Crippen LogP contribution in [-0.4, -0.2) is 42.1 Å². The van der Waals surface area contributed by atoms with Crippen LogP contribution in [0.25, 0.3) is 0 Å². The Balaban J connectivity index is 1.59. The topological polar surface area (TPSA) is 62.4 Å². The SMILES string of the molecule is O=C(C1CCOC1)N1CCC(c2cc[nH]c(=O)c2)CC1. The van der Waals surface area contributed by atoms with Gasteiger partial charge in [-0.15, -0.1) is 0 Å². The van der Waals surface area contributed by atoms with Gasteiger partial charge in [-0.3, -0.25) is 9.59 Å². The van der Waals surface area contributed by atoms with Crippen molar-refractivity contribution in [3.63, 3.8) is 0 Å². The second-order valence-electron chi connectivity index (χ2n) is 5.65. The van der Waals surface area contributed by atoms with Gasteiger partial charge in [0.2, 0.25) is 11.5 Å². The molecule has 1 aromatic heterocycles. The molecule has 5 heteroatoms. The van der Waals surface area contributed by atoms with Crippen molar-refractivity contribution in [3.05, 3.63) is 34.2 Å². The summed E-state index contributed by atoms with van der Waals surface area (Å²) in [7, 11) is 0. The van der Waals surface area contributed by atoms with Crippen LogP contribution in [0.4, 0.5) is 0 Å². The second kappa shape index (κ2) is 5.79. The molecule has 20 heavy (non-hydrogen) atoms. The summed E-state index contributed by atoms with van der Waals surface area (Å²) in [6.07, 6.45) is 4.42. The molecule has 1 unspecified atom stereocenters. The minimum atomic E-state index is -0.0517. The number of H-pyrrole nitrogens is 1. The van der Waals surface area contributed by atoms with Gasteiger partial charge in [-0.1, -0.05) is 0 Å². The number of hydrogen-bond donors (Lipinski definition) is 1. The molecule has 0 bridgehead atoms. The average molecular weight is 276 g/mol. The third kappa shape index (κ3) is 2.77. The quantitative estimate of drug-likeness (QED) is 0.880. The van der Waals surface area contributed by atoms with E-state index < -0.39 is 0 Å². The molecule has 0 spiro atoms. The van der Waals surface area contributed by atoms with Gasteiger partial charge in [0.1, 0.15) is 0 Å². The van der Waals surface area contributed by atoms with Crippen LogP contribution in [0.5, 0.6) is 0 Å². The lowest BCUT2D eigenvalue weighted by Gasteiger charge is -2.33. The lowest BCUT2D eigenvalue weighted by molar-refractivity contribution is -0.136. The maximum Gasteiger partial charge on any atom is 0.248 e. The molecule has 0 radical (unpaired) electrons. The number of aromatic nitrogens is 1. The molecule has 1 amide bonds. The molecule has 3 heterocycles. The Hall–Kier alpha value is -1.62. The van der Waals surface area contributed by atoms with Crippen molar-refractivity contribution in [1.29, 1.82) is 0 Å². The number of hydrogen-bond acceptors (Lipinski definition) is 3. The summed E-state index contributed by atoms with van der Waals surface area (Å²) in [5, 5.41) is 0. The predicted molar refractivity (Wildman–Crippen MR) is 74.5 cm³/mol. The first-order valence-corrected chi connectivity index (χ1v) is 7.29. The maximum atomic E-state index is 12.3. The molecule has 5 nitrogen and oxygen atoms in total. The van der Waals surface area contributed by atoms with Gasteiger partial charge >= 0.3 is 0 Å². The van der Waals surface area contributed by atoms with Gasteiger partial charge in [0, 0.05) is 32.0 Å². The molecule has 2 fully saturated rings. The highest BCUT2D eigenvalue weighted by Gasteiger charge is 2.30. The fourth-order valence-electron chi connectivity index (χ4n) is 3.14. The van der Waals surface area contributed by atoms with Crippen molar-refractivity contribution in [2.24, 2.45) is 5.92 Å². The zero-order valence-electron chi connectivity index (χ0n) is 11.5. The molecule has 2 aliphatic rings. The number of rotatable bonds is 2. The van der Waals surface area contributed by atoms with Crippen molar-refractivity contribution < 1.29 is 9.53 Å². The number of nitrogens with one attached hydrogen (secondary N) is 1. The molecule has 0 aromatic carbocycles. The molecule has 3 rings (SSSR count). The highest BCUT2D eigenvalue weighted by Crippen LogP contribution is 2.28. The van der Waals surface area contributed by atoms with Gasteiger partial charge in [-0.05, 0) is 36.8 Å².